The van der Waals surface area contributed by atoms with E-state index in [1.54, 1.807) is 6.08 Å². The Bertz CT molecular complexity index is 213. The van der Waals surface area contributed by atoms with Gasteiger partial charge in [0.25, 0.3) is 0 Å². The van der Waals surface area contributed by atoms with Crippen molar-refractivity contribution in [3.63, 3.8) is 0 Å². The van der Waals surface area contributed by atoms with Gasteiger partial charge < -0.3 is 11.5 Å². The van der Waals surface area contributed by atoms with Crippen LogP contribution in [0.15, 0.2) is 24.8 Å². The second-order valence-corrected chi connectivity index (χ2v) is 3.11. The Hall–Kier alpha value is -1.04. The van der Waals surface area contributed by atoms with Crippen molar-refractivity contribution < 1.29 is 0 Å². The Morgan fingerprint density at radius 1 is 1.46 bits per heavy atom. The summed E-state index contributed by atoms with van der Waals surface area (Å²) in [6.45, 7) is 5.51. The van der Waals surface area contributed by atoms with E-state index in [9.17, 15) is 0 Å². The Morgan fingerprint density at radius 2 is 2.08 bits per heavy atom. The molecule has 0 amide bonds. The number of rotatable bonds is 5. The van der Waals surface area contributed by atoms with E-state index < -0.39 is 0 Å². The lowest BCUT2D eigenvalue weighted by Crippen LogP contribution is -2.26. The van der Waals surface area contributed by atoms with Crippen molar-refractivity contribution in [1.82, 2.24) is 0 Å². The van der Waals surface area contributed by atoms with Crippen LogP contribution < -0.4 is 11.5 Å². The number of hydrogen-bond acceptors (Lipinski definition) is 2. The fourth-order valence-electron chi connectivity index (χ4n) is 0.820. The number of hydrogen-bond donors (Lipinski definition) is 2. The van der Waals surface area contributed by atoms with Gasteiger partial charge in [0.05, 0.1) is 0 Å². The predicted molar refractivity (Wildman–Crippen MR) is 57.9 cm³/mol. The summed E-state index contributed by atoms with van der Waals surface area (Å²) >= 11 is 0. The fraction of sp³-hybridized carbons (Fsp3) is 0.455. The summed E-state index contributed by atoms with van der Waals surface area (Å²) in [5.41, 5.74) is 11.5. The van der Waals surface area contributed by atoms with Crippen molar-refractivity contribution in [3.8, 4) is 12.3 Å². The van der Waals surface area contributed by atoms with Crippen LogP contribution in [0.2, 0.25) is 0 Å². The average Bonchev–Trinajstić information content (AvgIpc) is 2.13. The summed E-state index contributed by atoms with van der Waals surface area (Å²) in [6, 6.07) is -0.116. The molecule has 0 spiro atoms. The molecule has 72 valence electrons. The molecule has 3 unspecified atom stereocenters. The van der Waals surface area contributed by atoms with E-state index in [0.717, 1.165) is 6.42 Å². The molecule has 0 fully saturated rings. The summed E-state index contributed by atoms with van der Waals surface area (Å²) in [4.78, 5) is 0. The zero-order valence-electron chi connectivity index (χ0n) is 8.11. The van der Waals surface area contributed by atoms with Crippen LogP contribution in [0.3, 0.4) is 0 Å². The van der Waals surface area contributed by atoms with E-state index in [1.165, 1.54) is 0 Å². The molecule has 13 heavy (non-hydrogen) atoms. The highest BCUT2D eigenvalue weighted by atomic mass is 14.6. The molecule has 0 saturated heterocycles. The van der Waals surface area contributed by atoms with E-state index in [4.69, 9.17) is 17.9 Å². The molecule has 0 aliphatic heterocycles. The molecule has 0 heterocycles. The molecule has 0 aromatic carbocycles. The van der Waals surface area contributed by atoms with Crippen LogP contribution in [-0.4, -0.2) is 12.1 Å². The van der Waals surface area contributed by atoms with Crippen molar-refractivity contribution >= 4 is 0 Å². The van der Waals surface area contributed by atoms with E-state index in [2.05, 4.69) is 12.5 Å². The van der Waals surface area contributed by atoms with Gasteiger partial charge in [-0.1, -0.05) is 18.2 Å². The van der Waals surface area contributed by atoms with E-state index in [0.29, 0.717) is 0 Å². The second kappa shape index (κ2) is 6.47. The van der Waals surface area contributed by atoms with Crippen molar-refractivity contribution in [1.29, 1.82) is 0 Å². The fourth-order valence-corrected chi connectivity index (χ4v) is 0.820. The van der Waals surface area contributed by atoms with E-state index in [1.807, 2.05) is 19.1 Å². The van der Waals surface area contributed by atoms with Crippen LogP contribution in [0, 0.1) is 18.3 Å². The van der Waals surface area contributed by atoms with Crippen molar-refractivity contribution in [2.24, 2.45) is 17.4 Å². The van der Waals surface area contributed by atoms with E-state index in [-0.39, 0.29) is 18.0 Å². The first-order chi connectivity index (χ1) is 6.11. The third-order valence-corrected chi connectivity index (χ3v) is 1.86. The minimum absolute atomic E-state index is 0.00600. The first-order valence-electron chi connectivity index (χ1n) is 4.38. The van der Waals surface area contributed by atoms with Gasteiger partial charge in [0.1, 0.15) is 0 Å². The maximum absolute atomic E-state index is 5.76. The van der Waals surface area contributed by atoms with Crippen LogP contribution >= 0.6 is 0 Å². The van der Waals surface area contributed by atoms with Crippen LogP contribution in [0.25, 0.3) is 0 Å². The molecule has 0 radical (unpaired) electrons. The Kier molecular flexibility index (Phi) is 5.96. The second-order valence-electron chi connectivity index (χ2n) is 3.11. The minimum Gasteiger partial charge on any atom is -0.324 e. The normalized spacial score (nSPS) is 17.7. The van der Waals surface area contributed by atoms with Crippen LogP contribution in [0.4, 0.5) is 0 Å². The molecule has 0 aromatic rings. The quantitative estimate of drug-likeness (QED) is 0.488. The minimum atomic E-state index is -0.110. The van der Waals surface area contributed by atoms with Crippen molar-refractivity contribution in [3.05, 3.63) is 24.8 Å². The lowest BCUT2D eigenvalue weighted by molar-refractivity contribution is 0.647. The van der Waals surface area contributed by atoms with Gasteiger partial charge in [-0.25, -0.2) is 0 Å². The molecule has 2 nitrogen and oxygen atoms in total. The third kappa shape index (κ3) is 5.24. The Balaban J connectivity index is 3.97. The van der Waals surface area contributed by atoms with Crippen molar-refractivity contribution in [2.45, 2.75) is 25.4 Å². The van der Waals surface area contributed by atoms with E-state index >= 15 is 0 Å². The summed E-state index contributed by atoms with van der Waals surface area (Å²) in [6.07, 6.45) is 11.5. The van der Waals surface area contributed by atoms with Gasteiger partial charge in [0, 0.05) is 18.0 Å². The highest BCUT2D eigenvalue weighted by Gasteiger charge is 2.05. The van der Waals surface area contributed by atoms with Gasteiger partial charge in [-0.2, -0.15) is 0 Å². The predicted octanol–water partition coefficient (Wildman–Crippen LogP) is 1.04. The molecule has 0 bridgehead atoms. The zero-order valence-corrected chi connectivity index (χ0v) is 8.11. The Morgan fingerprint density at radius 3 is 2.54 bits per heavy atom. The first-order valence-corrected chi connectivity index (χ1v) is 4.38. The van der Waals surface area contributed by atoms with Crippen LogP contribution in [-0.2, 0) is 0 Å². The molecular formula is C11H18N2. The summed E-state index contributed by atoms with van der Waals surface area (Å²) in [7, 11) is 0. The SMILES string of the molecule is C#CC(C)C(N)/C=C/C(N)CC=C. The maximum atomic E-state index is 5.76. The topological polar surface area (TPSA) is 52.0 Å². The summed E-state index contributed by atoms with van der Waals surface area (Å²) in [5, 5.41) is 0. The van der Waals surface area contributed by atoms with Gasteiger partial charge >= 0.3 is 0 Å². The molecule has 0 aliphatic rings. The van der Waals surface area contributed by atoms with Gasteiger partial charge in [0.15, 0.2) is 0 Å². The highest BCUT2D eigenvalue weighted by Crippen LogP contribution is 2.01. The molecule has 2 heteroatoms. The average molecular weight is 178 g/mol. The summed E-state index contributed by atoms with van der Waals surface area (Å²) in [5.74, 6) is 2.63. The molecule has 4 N–H and O–H groups in total. The molecule has 0 aliphatic carbocycles. The first kappa shape index (κ1) is 12.0. The largest absolute Gasteiger partial charge is 0.324 e. The molecule has 0 rings (SSSR count). The standard InChI is InChI=1S/C11H18N2/c1-4-6-10(12)7-8-11(13)9(3)5-2/h2,4,7-11H,1,6,12-13H2,3H3/b8-7+. The molecule has 3 atom stereocenters. The number of nitrogens with two attached hydrogens (primary N) is 2. The van der Waals surface area contributed by atoms with Gasteiger partial charge in [0.2, 0.25) is 0 Å². The lowest BCUT2D eigenvalue weighted by atomic mass is 10.0. The monoisotopic (exact) mass is 178 g/mol. The summed E-state index contributed by atoms with van der Waals surface area (Å²) < 4.78 is 0. The number of terminal acetylenes is 1. The maximum Gasteiger partial charge on any atom is 0.0361 e. The third-order valence-electron chi connectivity index (χ3n) is 1.86. The Labute approximate surface area is 80.7 Å². The van der Waals surface area contributed by atoms with Crippen LogP contribution in [0.5, 0.6) is 0 Å². The molecule has 0 saturated carbocycles. The van der Waals surface area contributed by atoms with Gasteiger partial charge in [-0.15, -0.1) is 18.9 Å². The zero-order chi connectivity index (χ0) is 10.3. The highest BCUT2D eigenvalue weighted by molar-refractivity contribution is 5.07. The van der Waals surface area contributed by atoms with Crippen molar-refractivity contribution in [2.75, 3.05) is 0 Å². The molecular weight excluding hydrogens is 160 g/mol. The van der Waals surface area contributed by atoms with Crippen LogP contribution in [0.1, 0.15) is 13.3 Å². The molecule has 0 aromatic heterocycles. The lowest BCUT2D eigenvalue weighted by Gasteiger charge is -2.10. The van der Waals surface area contributed by atoms with Gasteiger partial charge in [-0.3, -0.25) is 0 Å². The smallest absolute Gasteiger partial charge is 0.0361 e. The van der Waals surface area contributed by atoms with Gasteiger partial charge in [-0.05, 0) is 13.3 Å².